The number of rotatable bonds is 5. The van der Waals surface area contributed by atoms with Crippen LogP contribution >= 0.6 is 0 Å². The first kappa shape index (κ1) is 14.3. The molecule has 4 N–H and O–H groups in total. The highest BCUT2D eigenvalue weighted by Gasteiger charge is 2.24. The number of benzene rings is 1. The lowest BCUT2D eigenvalue weighted by atomic mass is 10.1. The Morgan fingerprint density at radius 1 is 1.45 bits per heavy atom. The molecule has 1 aromatic rings. The monoisotopic (exact) mass is 277 g/mol. The lowest BCUT2D eigenvalue weighted by Gasteiger charge is -2.14. The third-order valence-electron chi connectivity index (χ3n) is 3.30. The van der Waals surface area contributed by atoms with Crippen LogP contribution in [0.5, 0.6) is 5.75 Å². The summed E-state index contributed by atoms with van der Waals surface area (Å²) in [6, 6.07) is 5.30. The van der Waals surface area contributed by atoms with Crippen LogP contribution in [0.15, 0.2) is 18.2 Å². The maximum atomic E-state index is 11.3. The van der Waals surface area contributed by atoms with Crippen LogP contribution in [0.2, 0.25) is 0 Å². The zero-order valence-electron chi connectivity index (χ0n) is 11.4. The highest BCUT2D eigenvalue weighted by atomic mass is 16.5. The second-order valence-corrected chi connectivity index (χ2v) is 4.67. The van der Waals surface area contributed by atoms with E-state index in [1.807, 2.05) is 17.4 Å². The third-order valence-corrected chi connectivity index (χ3v) is 3.30. The molecule has 2 rings (SSSR count). The zero-order chi connectivity index (χ0) is 14.5. The lowest BCUT2D eigenvalue weighted by Crippen LogP contribution is -2.38. The van der Waals surface area contributed by atoms with Gasteiger partial charge in [0.05, 0.1) is 0 Å². The van der Waals surface area contributed by atoms with E-state index in [0.717, 1.165) is 24.9 Å². The number of urea groups is 1. The molecular weight excluding hydrogens is 258 g/mol. The number of nitrogens with two attached hydrogens (primary N) is 1. The molecule has 1 aromatic carbocycles. The van der Waals surface area contributed by atoms with Crippen LogP contribution in [0.25, 0.3) is 0 Å². The maximum absolute atomic E-state index is 11.3. The fourth-order valence-corrected chi connectivity index (χ4v) is 2.53. The Bertz CT molecular complexity index is 516. The molecule has 6 nitrogen and oxygen atoms in total. The van der Waals surface area contributed by atoms with Gasteiger partial charge in [0.1, 0.15) is 5.75 Å². The van der Waals surface area contributed by atoms with Crippen LogP contribution in [0.1, 0.15) is 30.5 Å². The van der Waals surface area contributed by atoms with Crippen LogP contribution in [0, 0.1) is 0 Å². The van der Waals surface area contributed by atoms with Gasteiger partial charge in [-0.25, -0.2) is 4.79 Å². The van der Waals surface area contributed by atoms with Crippen molar-refractivity contribution in [1.29, 1.82) is 0 Å². The van der Waals surface area contributed by atoms with E-state index in [9.17, 15) is 9.59 Å². The summed E-state index contributed by atoms with van der Waals surface area (Å²) >= 11 is 0. The molecule has 0 heterocycles. The number of fused-ring (bicyclic) bond motifs is 1. The molecule has 108 valence electrons. The second kappa shape index (κ2) is 6.38. The third kappa shape index (κ3) is 3.27. The number of amides is 3. The van der Waals surface area contributed by atoms with Crippen LogP contribution in [-0.4, -0.2) is 25.1 Å². The van der Waals surface area contributed by atoms with Crippen LogP contribution in [-0.2, 0) is 11.2 Å². The Morgan fingerprint density at radius 2 is 2.25 bits per heavy atom. The van der Waals surface area contributed by atoms with E-state index in [2.05, 4.69) is 18.3 Å². The first-order valence-electron chi connectivity index (χ1n) is 6.69. The normalized spacial score (nSPS) is 16.6. The minimum absolute atomic E-state index is 0.217. The summed E-state index contributed by atoms with van der Waals surface area (Å²) in [5, 5.41) is 5.40. The predicted octanol–water partition coefficient (Wildman–Crippen LogP) is 0.857. The van der Waals surface area contributed by atoms with Crippen molar-refractivity contribution < 1.29 is 14.3 Å². The quantitative estimate of drug-likeness (QED) is 0.744. The van der Waals surface area contributed by atoms with Gasteiger partial charge < -0.3 is 15.8 Å². The van der Waals surface area contributed by atoms with Gasteiger partial charge in [-0.2, -0.15) is 0 Å². The van der Waals surface area contributed by atoms with E-state index < -0.39 is 11.9 Å². The first-order chi connectivity index (χ1) is 9.61. The number of carbonyl (C=O) groups is 2. The lowest BCUT2D eigenvalue weighted by molar-refractivity contribution is -0.121. The summed E-state index contributed by atoms with van der Waals surface area (Å²) < 4.78 is 5.49. The van der Waals surface area contributed by atoms with Gasteiger partial charge in [0, 0.05) is 6.04 Å². The molecule has 3 amide bonds. The van der Waals surface area contributed by atoms with E-state index in [4.69, 9.17) is 10.5 Å². The SMILES string of the molecule is CCNC1CCc2c(OCC(=O)NC(N)=O)cccc21. The molecule has 1 unspecified atom stereocenters. The van der Waals surface area contributed by atoms with Crippen molar-refractivity contribution in [1.82, 2.24) is 10.6 Å². The molecule has 0 saturated carbocycles. The van der Waals surface area contributed by atoms with Crippen molar-refractivity contribution in [2.75, 3.05) is 13.2 Å². The number of carbonyl (C=O) groups excluding carboxylic acids is 2. The smallest absolute Gasteiger partial charge is 0.318 e. The molecule has 1 aliphatic rings. The Morgan fingerprint density at radius 3 is 2.95 bits per heavy atom. The van der Waals surface area contributed by atoms with E-state index >= 15 is 0 Å². The second-order valence-electron chi connectivity index (χ2n) is 4.67. The number of hydrogen-bond donors (Lipinski definition) is 3. The average Bonchev–Trinajstić information content (AvgIpc) is 2.80. The van der Waals surface area contributed by atoms with E-state index in [1.54, 1.807) is 0 Å². The summed E-state index contributed by atoms with van der Waals surface area (Å²) in [5.41, 5.74) is 7.22. The minimum atomic E-state index is -0.871. The fourth-order valence-electron chi connectivity index (χ4n) is 2.53. The van der Waals surface area contributed by atoms with Gasteiger partial charge in [0.25, 0.3) is 5.91 Å². The molecule has 0 aliphatic heterocycles. The van der Waals surface area contributed by atoms with Crippen molar-refractivity contribution in [3.8, 4) is 5.75 Å². The Labute approximate surface area is 117 Å². The number of nitrogens with one attached hydrogen (secondary N) is 2. The van der Waals surface area contributed by atoms with E-state index in [-0.39, 0.29) is 6.61 Å². The van der Waals surface area contributed by atoms with Gasteiger partial charge in [-0.3, -0.25) is 10.1 Å². The van der Waals surface area contributed by atoms with Gasteiger partial charge in [-0.1, -0.05) is 19.1 Å². The van der Waals surface area contributed by atoms with Crippen molar-refractivity contribution >= 4 is 11.9 Å². The predicted molar refractivity (Wildman–Crippen MR) is 74.4 cm³/mol. The van der Waals surface area contributed by atoms with Crippen molar-refractivity contribution in [3.63, 3.8) is 0 Å². The van der Waals surface area contributed by atoms with Gasteiger partial charge in [-0.15, -0.1) is 0 Å². The van der Waals surface area contributed by atoms with Gasteiger partial charge in [0.15, 0.2) is 6.61 Å². The molecule has 0 fully saturated rings. The summed E-state index contributed by atoms with van der Waals surface area (Å²) in [6.07, 6.45) is 1.94. The number of primary amides is 1. The number of imide groups is 1. The average molecular weight is 277 g/mol. The standard InChI is InChI=1S/C14H19N3O3/c1-2-16-11-7-6-10-9(11)4-3-5-12(10)20-8-13(18)17-14(15)19/h3-5,11,16H,2,6-8H2,1H3,(H3,15,17,18,19). The molecule has 6 heteroatoms. The van der Waals surface area contributed by atoms with Gasteiger partial charge >= 0.3 is 6.03 Å². The van der Waals surface area contributed by atoms with Crippen molar-refractivity contribution in [3.05, 3.63) is 29.3 Å². The number of ether oxygens (including phenoxy) is 1. The molecule has 0 spiro atoms. The summed E-state index contributed by atoms with van der Waals surface area (Å²) in [7, 11) is 0. The first-order valence-corrected chi connectivity index (χ1v) is 6.69. The Balaban J connectivity index is 2.03. The highest BCUT2D eigenvalue weighted by molar-refractivity contribution is 5.94. The molecule has 1 aliphatic carbocycles. The summed E-state index contributed by atoms with van der Waals surface area (Å²) in [4.78, 5) is 21.9. The molecule has 0 radical (unpaired) electrons. The highest BCUT2D eigenvalue weighted by Crippen LogP contribution is 2.36. The molecule has 0 bridgehead atoms. The van der Waals surface area contributed by atoms with Crippen LogP contribution in [0.4, 0.5) is 4.79 Å². The Hall–Kier alpha value is -2.08. The minimum Gasteiger partial charge on any atom is -0.483 e. The molecule has 1 atom stereocenters. The summed E-state index contributed by atoms with van der Waals surface area (Å²) in [6.45, 7) is 2.77. The van der Waals surface area contributed by atoms with Crippen molar-refractivity contribution in [2.45, 2.75) is 25.8 Å². The molecule has 20 heavy (non-hydrogen) atoms. The zero-order valence-corrected chi connectivity index (χ0v) is 11.4. The maximum Gasteiger partial charge on any atom is 0.318 e. The van der Waals surface area contributed by atoms with E-state index in [1.165, 1.54) is 5.56 Å². The molecule has 0 aromatic heterocycles. The molecular formula is C14H19N3O3. The van der Waals surface area contributed by atoms with Gasteiger partial charge in [0.2, 0.25) is 0 Å². The van der Waals surface area contributed by atoms with Gasteiger partial charge in [-0.05, 0) is 36.6 Å². The van der Waals surface area contributed by atoms with Crippen molar-refractivity contribution in [2.24, 2.45) is 5.73 Å². The Kier molecular flexibility index (Phi) is 4.57. The molecule has 0 saturated heterocycles. The fraction of sp³-hybridized carbons (Fsp3) is 0.429. The topological polar surface area (TPSA) is 93.4 Å². The summed E-state index contributed by atoms with van der Waals surface area (Å²) in [5.74, 6) is 0.152. The van der Waals surface area contributed by atoms with Crippen LogP contribution in [0.3, 0.4) is 0 Å². The van der Waals surface area contributed by atoms with Crippen LogP contribution < -0.4 is 21.1 Å². The number of hydrogen-bond acceptors (Lipinski definition) is 4. The largest absolute Gasteiger partial charge is 0.483 e. The van der Waals surface area contributed by atoms with E-state index in [0.29, 0.717) is 11.8 Å².